The quantitative estimate of drug-likeness (QED) is 0.888. The number of nitrogens with one attached hydrogen (secondary N) is 2. The van der Waals surface area contributed by atoms with E-state index in [2.05, 4.69) is 30.8 Å². The van der Waals surface area contributed by atoms with E-state index in [1.54, 1.807) is 12.7 Å². The van der Waals surface area contributed by atoms with Gasteiger partial charge < -0.3 is 5.32 Å². The maximum Gasteiger partial charge on any atom is 0.321 e. The van der Waals surface area contributed by atoms with Crippen LogP contribution in [0, 0.1) is 0 Å². The number of fused-ring (bicyclic) bond motifs is 1. The molecule has 2 aromatic heterocycles. The van der Waals surface area contributed by atoms with Gasteiger partial charge in [-0.05, 0) is 19.3 Å². The molecular weight excluding hydrogens is 308 g/mol. The number of aryl methyl sites for hydroxylation is 1. The third kappa shape index (κ3) is 3.24. The minimum absolute atomic E-state index is 0.0413. The van der Waals surface area contributed by atoms with Crippen molar-refractivity contribution in [2.24, 2.45) is 0 Å². The molecule has 1 fully saturated rings. The smallest absolute Gasteiger partial charge is 0.321 e. The third-order valence-corrected chi connectivity index (χ3v) is 4.82. The van der Waals surface area contributed by atoms with E-state index < -0.39 is 0 Å². The largest absolute Gasteiger partial charge is 0.333 e. The van der Waals surface area contributed by atoms with E-state index in [0.29, 0.717) is 18.5 Å². The van der Waals surface area contributed by atoms with Gasteiger partial charge in [-0.2, -0.15) is 5.10 Å². The average molecular weight is 330 g/mol. The highest BCUT2D eigenvalue weighted by Gasteiger charge is 2.22. The fourth-order valence-corrected chi connectivity index (χ4v) is 3.53. The van der Waals surface area contributed by atoms with Gasteiger partial charge in [0.05, 0.1) is 18.6 Å². The fourth-order valence-electron chi connectivity index (χ4n) is 3.53. The topological polar surface area (TPSA) is 103 Å². The Morgan fingerprint density at radius 1 is 1.17 bits per heavy atom. The van der Waals surface area contributed by atoms with Gasteiger partial charge in [0.1, 0.15) is 18.5 Å². The van der Waals surface area contributed by atoms with E-state index in [0.717, 1.165) is 31.5 Å². The van der Waals surface area contributed by atoms with Gasteiger partial charge in [0.15, 0.2) is 0 Å². The number of anilines is 1. The van der Waals surface area contributed by atoms with Crippen molar-refractivity contribution in [2.45, 2.75) is 63.6 Å². The molecule has 128 valence electrons. The summed E-state index contributed by atoms with van der Waals surface area (Å²) in [5.74, 6) is 1.33. The molecule has 2 amide bonds. The van der Waals surface area contributed by atoms with E-state index in [9.17, 15) is 4.79 Å². The summed E-state index contributed by atoms with van der Waals surface area (Å²) in [5, 5.41) is 14.2. The lowest BCUT2D eigenvalue weighted by Crippen LogP contribution is -2.43. The lowest BCUT2D eigenvalue weighted by molar-refractivity contribution is 0.243. The summed E-state index contributed by atoms with van der Waals surface area (Å²) < 4.78 is 3.72. The van der Waals surface area contributed by atoms with Gasteiger partial charge in [0.25, 0.3) is 0 Å². The van der Waals surface area contributed by atoms with Crippen LogP contribution in [0.15, 0.2) is 12.7 Å². The van der Waals surface area contributed by atoms with Crippen LogP contribution in [0.25, 0.3) is 0 Å². The standard InChI is InChI=1S/C15H22N8O/c24-15(19-11-6-7-13-16-9-18-22(13)8-11)20-14-17-10-23(21-14)12-4-2-1-3-5-12/h9-12H,1-8H2,(H2,19,20,21,24)/t11-/m0/s1. The van der Waals surface area contributed by atoms with Crippen molar-refractivity contribution in [3.8, 4) is 0 Å². The van der Waals surface area contributed by atoms with Crippen LogP contribution in [-0.2, 0) is 13.0 Å². The summed E-state index contributed by atoms with van der Waals surface area (Å²) in [7, 11) is 0. The number of hydrogen-bond donors (Lipinski definition) is 2. The Kier molecular flexibility index (Phi) is 4.14. The van der Waals surface area contributed by atoms with Crippen LogP contribution >= 0.6 is 0 Å². The molecule has 0 radical (unpaired) electrons. The normalized spacial score (nSPS) is 21.2. The second-order valence-corrected chi connectivity index (χ2v) is 6.53. The van der Waals surface area contributed by atoms with Crippen molar-refractivity contribution in [2.75, 3.05) is 5.32 Å². The molecule has 9 nitrogen and oxygen atoms in total. The Labute approximate surface area is 139 Å². The van der Waals surface area contributed by atoms with Crippen molar-refractivity contribution in [1.29, 1.82) is 0 Å². The average Bonchev–Trinajstić information content (AvgIpc) is 3.24. The van der Waals surface area contributed by atoms with Gasteiger partial charge in [-0.15, -0.1) is 5.10 Å². The monoisotopic (exact) mass is 330 g/mol. The van der Waals surface area contributed by atoms with Gasteiger partial charge in [0, 0.05) is 6.42 Å². The molecule has 0 unspecified atom stereocenters. The van der Waals surface area contributed by atoms with Crippen LogP contribution in [0.4, 0.5) is 10.7 Å². The Hall–Kier alpha value is -2.45. The molecule has 1 aliphatic heterocycles. The van der Waals surface area contributed by atoms with Crippen LogP contribution in [0.3, 0.4) is 0 Å². The second-order valence-electron chi connectivity index (χ2n) is 6.53. The predicted octanol–water partition coefficient (Wildman–Crippen LogP) is 1.51. The maximum absolute atomic E-state index is 12.2. The van der Waals surface area contributed by atoms with Gasteiger partial charge in [0.2, 0.25) is 5.95 Å². The molecule has 4 rings (SSSR count). The van der Waals surface area contributed by atoms with E-state index >= 15 is 0 Å². The number of amides is 2. The summed E-state index contributed by atoms with van der Waals surface area (Å²) >= 11 is 0. The lowest BCUT2D eigenvalue weighted by Gasteiger charge is -2.23. The van der Waals surface area contributed by atoms with Crippen molar-refractivity contribution in [1.82, 2.24) is 34.8 Å². The van der Waals surface area contributed by atoms with Crippen LogP contribution in [0.2, 0.25) is 0 Å². The fraction of sp³-hybridized carbons (Fsp3) is 0.667. The van der Waals surface area contributed by atoms with E-state index in [1.165, 1.54) is 19.3 Å². The molecule has 0 bridgehead atoms. The molecule has 24 heavy (non-hydrogen) atoms. The van der Waals surface area contributed by atoms with Crippen molar-refractivity contribution < 1.29 is 4.79 Å². The molecular formula is C15H22N8O. The molecule has 0 spiro atoms. The number of carbonyl (C=O) groups is 1. The molecule has 3 heterocycles. The molecule has 1 atom stereocenters. The van der Waals surface area contributed by atoms with Crippen LogP contribution in [0.1, 0.15) is 50.4 Å². The first-order chi connectivity index (χ1) is 11.8. The zero-order chi connectivity index (χ0) is 16.4. The Bertz CT molecular complexity index is 702. The summed E-state index contributed by atoms with van der Waals surface area (Å²) in [6, 6.07) is 0.179. The first-order valence-corrected chi connectivity index (χ1v) is 8.63. The highest BCUT2D eigenvalue weighted by molar-refractivity contribution is 5.87. The van der Waals surface area contributed by atoms with Gasteiger partial charge in [-0.3, -0.25) is 5.32 Å². The summed E-state index contributed by atoms with van der Waals surface area (Å²) in [4.78, 5) is 20.6. The van der Waals surface area contributed by atoms with E-state index in [4.69, 9.17) is 0 Å². The number of aromatic nitrogens is 6. The minimum atomic E-state index is -0.273. The molecule has 2 aliphatic rings. The van der Waals surface area contributed by atoms with Crippen LogP contribution in [0.5, 0.6) is 0 Å². The second kappa shape index (κ2) is 6.58. The Morgan fingerprint density at radius 2 is 2.04 bits per heavy atom. The number of carbonyl (C=O) groups excluding carboxylic acids is 1. The van der Waals surface area contributed by atoms with Crippen molar-refractivity contribution >= 4 is 12.0 Å². The zero-order valence-corrected chi connectivity index (χ0v) is 13.6. The number of rotatable bonds is 3. The lowest BCUT2D eigenvalue weighted by atomic mass is 9.96. The molecule has 1 aliphatic carbocycles. The molecule has 2 aromatic rings. The minimum Gasteiger partial charge on any atom is -0.333 e. The number of hydrogen-bond acceptors (Lipinski definition) is 5. The molecule has 1 saturated carbocycles. The van der Waals surface area contributed by atoms with Crippen molar-refractivity contribution in [3.63, 3.8) is 0 Å². The number of urea groups is 1. The molecule has 0 saturated heterocycles. The van der Waals surface area contributed by atoms with Gasteiger partial charge >= 0.3 is 6.03 Å². The first kappa shape index (κ1) is 15.1. The van der Waals surface area contributed by atoms with Crippen molar-refractivity contribution in [3.05, 3.63) is 18.5 Å². The SMILES string of the molecule is O=C(Nc1ncn(C2CCCCC2)n1)N[C@H]1CCc2ncnn2C1. The van der Waals surface area contributed by atoms with E-state index in [-0.39, 0.29) is 12.1 Å². The summed E-state index contributed by atoms with van der Waals surface area (Å²) in [5.41, 5.74) is 0. The summed E-state index contributed by atoms with van der Waals surface area (Å²) in [6.07, 6.45) is 11.0. The van der Waals surface area contributed by atoms with Gasteiger partial charge in [-0.25, -0.2) is 24.1 Å². The zero-order valence-electron chi connectivity index (χ0n) is 13.6. The predicted molar refractivity (Wildman–Crippen MR) is 86.4 cm³/mol. The summed E-state index contributed by atoms with van der Waals surface area (Å²) in [6.45, 7) is 0.646. The highest BCUT2D eigenvalue weighted by Crippen LogP contribution is 2.27. The maximum atomic E-state index is 12.2. The van der Waals surface area contributed by atoms with Crippen LogP contribution in [-0.4, -0.2) is 41.6 Å². The third-order valence-electron chi connectivity index (χ3n) is 4.82. The highest BCUT2D eigenvalue weighted by atomic mass is 16.2. The number of nitrogens with zero attached hydrogens (tertiary/aromatic N) is 6. The molecule has 9 heteroatoms. The van der Waals surface area contributed by atoms with E-state index in [1.807, 2.05) is 9.36 Å². The molecule has 0 aromatic carbocycles. The van der Waals surface area contributed by atoms with Gasteiger partial charge in [-0.1, -0.05) is 19.3 Å². The Morgan fingerprint density at radius 3 is 2.92 bits per heavy atom. The van der Waals surface area contributed by atoms with Crippen LogP contribution < -0.4 is 10.6 Å². The molecule has 2 N–H and O–H groups in total. The first-order valence-electron chi connectivity index (χ1n) is 8.63. The Balaban J connectivity index is 1.31.